The molecule has 98 valence electrons. The van der Waals surface area contributed by atoms with Gasteiger partial charge in [0, 0.05) is 30.1 Å². The van der Waals surface area contributed by atoms with E-state index in [4.69, 9.17) is 16.3 Å². The molecule has 2 atom stereocenters. The van der Waals surface area contributed by atoms with Gasteiger partial charge in [0.15, 0.2) is 0 Å². The molecule has 1 N–H and O–H groups in total. The van der Waals surface area contributed by atoms with Gasteiger partial charge >= 0.3 is 0 Å². The summed E-state index contributed by atoms with van der Waals surface area (Å²) in [5.74, 6) is 0.581. The van der Waals surface area contributed by atoms with E-state index in [2.05, 4.69) is 11.4 Å². The van der Waals surface area contributed by atoms with Crippen LogP contribution in [-0.4, -0.2) is 19.2 Å². The van der Waals surface area contributed by atoms with Crippen LogP contribution >= 0.6 is 11.6 Å². The van der Waals surface area contributed by atoms with Crippen LogP contribution in [0.25, 0.3) is 0 Å². The van der Waals surface area contributed by atoms with Crippen molar-refractivity contribution in [2.75, 3.05) is 13.2 Å². The molecule has 1 aliphatic carbocycles. The van der Waals surface area contributed by atoms with Crippen molar-refractivity contribution in [1.29, 1.82) is 0 Å². The third-order valence-electron chi connectivity index (χ3n) is 3.87. The fraction of sp³-hybridized carbons (Fsp3) is 0.600. The maximum atomic E-state index is 6.08. The van der Waals surface area contributed by atoms with Gasteiger partial charge in [-0.2, -0.15) is 0 Å². The first-order valence-corrected chi connectivity index (χ1v) is 7.31. The van der Waals surface area contributed by atoms with Crippen LogP contribution in [-0.2, 0) is 4.74 Å². The van der Waals surface area contributed by atoms with E-state index in [9.17, 15) is 0 Å². The van der Waals surface area contributed by atoms with E-state index in [-0.39, 0.29) is 6.10 Å². The summed E-state index contributed by atoms with van der Waals surface area (Å²) in [4.78, 5) is 0. The SMILES string of the molecule is Clc1cccc(C2OCCCC2CNC2CC2)c1. The van der Waals surface area contributed by atoms with Crippen LogP contribution < -0.4 is 5.32 Å². The number of rotatable bonds is 4. The fourth-order valence-electron chi connectivity index (χ4n) is 2.71. The summed E-state index contributed by atoms with van der Waals surface area (Å²) in [6, 6.07) is 8.88. The highest BCUT2D eigenvalue weighted by molar-refractivity contribution is 6.30. The zero-order valence-corrected chi connectivity index (χ0v) is 11.3. The van der Waals surface area contributed by atoms with Crippen molar-refractivity contribution < 1.29 is 4.74 Å². The van der Waals surface area contributed by atoms with E-state index in [0.717, 1.165) is 24.2 Å². The van der Waals surface area contributed by atoms with E-state index in [1.807, 2.05) is 18.2 Å². The van der Waals surface area contributed by atoms with E-state index in [0.29, 0.717) is 5.92 Å². The van der Waals surface area contributed by atoms with Crippen molar-refractivity contribution in [2.24, 2.45) is 5.92 Å². The average molecular weight is 266 g/mol. The monoisotopic (exact) mass is 265 g/mol. The molecule has 0 amide bonds. The van der Waals surface area contributed by atoms with E-state index < -0.39 is 0 Å². The summed E-state index contributed by atoms with van der Waals surface area (Å²) in [5, 5.41) is 4.43. The van der Waals surface area contributed by atoms with E-state index >= 15 is 0 Å². The van der Waals surface area contributed by atoms with Crippen molar-refractivity contribution >= 4 is 11.6 Å². The maximum Gasteiger partial charge on any atom is 0.0865 e. The Morgan fingerprint density at radius 2 is 2.17 bits per heavy atom. The molecule has 3 rings (SSSR count). The Labute approximate surface area is 114 Å². The summed E-state index contributed by atoms with van der Waals surface area (Å²) in [7, 11) is 0. The number of nitrogens with one attached hydrogen (secondary N) is 1. The van der Waals surface area contributed by atoms with Crippen molar-refractivity contribution in [3.63, 3.8) is 0 Å². The van der Waals surface area contributed by atoms with Gasteiger partial charge in [-0.3, -0.25) is 0 Å². The van der Waals surface area contributed by atoms with Crippen molar-refractivity contribution in [3.05, 3.63) is 34.9 Å². The van der Waals surface area contributed by atoms with Gasteiger partial charge < -0.3 is 10.1 Å². The lowest BCUT2D eigenvalue weighted by Crippen LogP contribution is -2.32. The number of halogens is 1. The van der Waals surface area contributed by atoms with Crippen molar-refractivity contribution in [2.45, 2.75) is 37.8 Å². The third-order valence-corrected chi connectivity index (χ3v) is 4.10. The van der Waals surface area contributed by atoms with Crippen molar-refractivity contribution in [3.8, 4) is 0 Å². The first kappa shape index (κ1) is 12.5. The van der Waals surface area contributed by atoms with Crippen LogP contribution in [0.1, 0.15) is 37.4 Å². The zero-order valence-electron chi connectivity index (χ0n) is 10.6. The van der Waals surface area contributed by atoms with Crippen LogP contribution in [0.4, 0.5) is 0 Å². The van der Waals surface area contributed by atoms with Crippen LogP contribution in [0.5, 0.6) is 0 Å². The number of hydrogen-bond donors (Lipinski definition) is 1. The van der Waals surface area contributed by atoms with Gasteiger partial charge in [-0.05, 0) is 43.4 Å². The standard InChI is InChI=1S/C15H20ClNO/c16-13-5-1-3-11(9-13)15-12(4-2-8-18-15)10-17-14-6-7-14/h1,3,5,9,12,14-15,17H,2,4,6-8,10H2. The molecule has 2 unspecified atom stereocenters. The highest BCUT2D eigenvalue weighted by Gasteiger charge is 2.29. The highest BCUT2D eigenvalue weighted by Crippen LogP contribution is 2.34. The normalized spacial score (nSPS) is 28.3. The predicted molar refractivity (Wildman–Crippen MR) is 73.9 cm³/mol. The van der Waals surface area contributed by atoms with Gasteiger partial charge in [-0.1, -0.05) is 23.7 Å². The molecule has 0 aromatic heterocycles. The minimum absolute atomic E-state index is 0.212. The highest BCUT2D eigenvalue weighted by atomic mass is 35.5. The minimum Gasteiger partial charge on any atom is -0.373 e. The second-order valence-corrected chi connectivity index (χ2v) is 5.87. The second-order valence-electron chi connectivity index (χ2n) is 5.43. The molecule has 1 heterocycles. The van der Waals surface area contributed by atoms with Gasteiger partial charge in [0.2, 0.25) is 0 Å². The molecule has 0 spiro atoms. The van der Waals surface area contributed by atoms with Crippen LogP contribution in [0.15, 0.2) is 24.3 Å². The van der Waals surface area contributed by atoms with Gasteiger partial charge in [0.05, 0.1) is 6.10 Å². The molecule has 18 heavy (non-hydrogen) atoms. The predicted octanol–water partition coefficient (Wildman–Crippen LogP) is 3.56. The molecular formula is C15H20ClNO. The summed E-state index contributed by atoms with van der Waals surface area (Å²) >= 11 is 6.08. The maximum absolute atomic E-state index is 6.08. The van der Waals surface area contributed by atoms with Crippen LogP contribution in [0.3, 0.4) is 0 Å². The Hall–Kier alpha value is -0.570. The smallest absolute Gasteiger partial charge is 0.0865 e. The van der Waals surface area contributed by atoms with Crippen LogP contribution in [0, 0.1) is 5.92 Å². The molecule has 1 saturated carbocycles. The Morgan fingerprint density at radius 3 is 2.94 bits per heavy atom. The van der Waals surface area contributed by atoms with Gasteiger partial charge in [-0.25, -0.2) is 0 Å². The van der Waals surface area contributed by atoms with Gasteiger partial charge in [0.25, 0.3) is 0 Å². The largest absolute Gasteiger partial charge is 0.373 e. The van der Waals surface area contributed by atoms with Gasteiger partial charge in [0.1, 0.15) is 0 Å². The lowest BCUT2D eigenvalue weighted by atomic mass is 9.89. The molecular weight excluding hydrogens is 246 g/mol. The first-order valence-electron chi connectivity index (χ1n) is 6.93. The molecule has 1 saturated heterocycles. The number of hydrogen-bond acceptors (Lipinski definition) is 2. The van der Waals surface area contributed by atoms with Gasteiger partial charge in [-0.15, -0.1) is 0 Å². The lowest BCUT2D eigenvalue weighted by Gasteiger charge is -2.32. The lowest BCUT2D eigenvalue weighted by molar-refractivity contribution is -0.0278. The Morgan fingerprint density at radius 1 is 1.28 bits per heavy atom. The summed E-state index contributed by atoms with van der Waals surface area (Å²) < 4.78 is 5.99. The average Bonchev–Trinajstić information content (AvgIpc) is 3.21. The zero-order chi connectivity index (χ0) is 12.4. The molecule has 1 aromatic rings. The summed E-state index contributed by atoms with van der Waals surface area (Å²) in [6.45, 7) is 1.94. The summed E-state index contributed by atoms with van der Waals surface area (Å²) in [6.07, 6.45) is 5.32. The van der Waals surface area contributed by atoms with E-state index in [1.54, 1.807) is 0 Å². The Kier molecular flexibility index (Phi) is 3.88. The fourth-order valence-corrected chi connectivity index (χ4v) is 2.91. The third kappa shape index (κ3) is 3.05. The molecule has 1 aromatic carbocycles. The van der Waals surface area contributed by atoms with Crippen LogP contribution in [0.2, 0.25) is 5.02 Å². The number of benzene rings is 1. The molecule has 2 fully saturated rings. The second kappa shape index (κ2) is 5.60. The molecule has 0 bridgehead atoms. The molecule has 0 radical (unpaired) electrons. The molecule has 1 aliphatic heterocycles. The van der Waals surface area contributed by atoms with E-state index in [1.165, 1.54) is 31.2 Å². The first-order chi connectivity index (χ1) is 8.83. The molecule has 2 aliphatic rings. The quantitative estimate of drug-likeness (QED) is 0.899. The Bertz CT molecular complexity index is 405. The Balaban J connectivity index is 1.69. The molecule has 3 heteroatoms. The number of ether oxygens (including phenoxy) is 1. The minimum atomic E-state index is 0.212. The topological polar surface area (TPSA) is 21.3 Å². The summed E-state index contributed by atoms with van der Waals surface area (Å²) in [5.41, 5.74) is 1.23. The van der Waals surface area contributed by atoms with Crippen molar-refractivity contribution in [1.82, 2.24) is 5.32 Å². The molecule has 2 nitrogen and oxygen atoms in total.